The molecule has 0 aromatic rings. The third-order valence-corrected chi connectivity index (χ3v) is 1.36. The van der Waals surface area contributed by atoms with Crippen LogP contribution in [0.5, 0.6) is 0 Å². The van der Waals surface area contributed by atoms with E-state index in [4.69, 9.17) is 5.11 Å². The zero-order valence-corrected chi connectivity index (χ0v) is 10.5. The van der Waals surface area contributed by atoms with Crippen molar-refractivity contribution >= 4 is 64.2 Å². The van der Waals surface area contributed by atoms with Crippen molar-refractivity contribution in [1.82, 2.24) is 5.32 Å². The van der Waals surface area contributed by atoms with E-state index in [0.29, 0.717) is 0 Å². The maximum Gasteiger partial charge on any atom is 0.320 e. The Kier molecular flexibility index (Phi) is 5.64. The number of carboxylic acid groups (broad SMARTS) is 1. The van der Waals surface area contributed by atoms with Crippen molar-refractivity contribution in [3.63, 3.8) is 0 Å². The van der Waals surface area contributed by atoms with Gasteiger partial charge in [-0.05, 0) is 19.4 Å². The van der Waals surface area contributed by atoms with E-state index in [0.717, 1.165) is 19.4 Å². The minimum absolute atomic E-state index is 0. The van der Waals surface area contributed by atoms with Crippen LogP contribution in [0.3, 0.4) is 0 Å². The van der Waals surface area contributed by atoms with E-state index >= 15 is 0 Å². The molecule has 1 saturated heterocycles. The minimum atomic E-state index is -0.720. The van der Waals surface area contributed by atoms with E-state index < -0.39 is 5.97 Å². The fourth-order valence-corrected chi connectivity index (χ4v) is 0.895. The zero-order chi connectivity index (χ0) is 5.98. The second-order valence-corrected chi connectivity index (χ2v) is 1.99. The van der Waals surface area contributed by atoms with Crippen LogP contribution in [0.25, 0.3) is 0 Å². The summed E-state index contributed by atoms with van der Waals surface area (Å²) < 4.78 is 0. The zero-order valence-electron chi connectivity index (χ0n) is 5.55. The SMILES string of the molecule is O=C(O)[C@@H]1CCCN1.[Rb]. The quantitative estimate of drug-likeness (QED) is 0.597. The molecular formula is C5H9NO2Rb. The Morgan fingerprint density at radius 2 is 2.33 bits per heavy atom. The average molecular weight is 201 g/mol. The summed E-state index contributed by atoms with van der Waals surface area (Å²) in [6.07, 6.45) is 1.78. The topological polar surface area (TPSA) is 49.3 Å². The third kappa shape index (κ3) is 3.23. The van der Waals surface area contributed by atoms with Gasteiger partial charge in [0, 0.05) is 58.2 Å². The van der Waals surface area contributed by atoms with E-state index in [9.17, 15) is 4.79 Å². The third-order valence-electron chi connectivity index (χ3n) is 1.36. The molecule has 0 amide bonds. The molecule has 0 aliphatic carbocycles. The first-order valence-electron chi connectivity index (χ1n) is 2.77. The van der Waals surface area contributed by atoms with Gasteiger partial charge in [-0.3, -0.25) is 4.79 Å². The number of hydrogen-bond donors (Lipinski definition) is 2. The molecule has 1 heterocycles. The molecule has 0 aromatic heterocycles. The summed E-state index contributed by atoms with van der Waals surface area (Å²) in [4.78, 5) is 10.1. The Labute approximate surface area is 103 Å². The van der Waals surface area contributed by atoms with Gasteiger partial charge in [0.1, 0.15) is 6.04 Å². The summed E-state index contributed by atoms with van der Waals surface area (Å²) >= 11 is 0. The van der Waals surface area contributed by atoms with Crippen molar-refractivity contribution < 1.29 is 9.90 Å². The van der Waals surface area contributed by atoms with Crippen molar-refractivity contribution in [3.8, 4) is 0 Å². The maximum absolute atomic E-state index is 10.1. The molecule has 1 radical (unpaired) electrons. The predicted molar refractivity (Wildman–Crippen MR) is 34.4 cm³/mol. The van der Waals surface area contributed by atoms with Gasteiger partial charge in [-0.15, -0.1) is 0 Å². The van der Waals surface area contributed by atoms with Gasteiger partial charge in [0.25, 0.3) is 0 Å². The molecular weight excluding hydrogens is 192 g/mol. The van der Waals surface area contributed by atoms with Gasteiger partial charge in [0.2, 0.25) is 0 Å². The Bertz CT molecular complexity index is 101. The van der Waals surface area contributed by atoms with Crippen LogP contribution in [0.15, 0.2) is 0 Å². The Morgan fingerprint density at radius 1 is 1.67 bits per heavy atom. The second-order valence-electron chi connectivity index (χ2n) is 1.99. The fraction of sp³-hybridized carbons (Fsp3) is 0.800. The van der Waals surface area contributed by atoms with E-state index in [1.54, 1.807) is 0 Å². The van der Waals surface area contributed by atoms with Crippen LogP contribution in [-0.2, 0) is 4.79 Å². The first-order valence-corrected chi connectivity index (χ1v) is 2.77. The number of carboxylic acids is 1. The molecule has 1 rings (SSSR count). The molecule has 0 aromatic carbocycles. The average Bonchev–Trinajstić information content (AvgIpc) is 2.12. The molecule has 1 aliphatic rings. The van der Waals surface area contributed by atoms with Gasteiger partial charge < -0.3 is 10.4 Å². The number of hydrogen-bond acceptors (Lipinski definition) is 2. The summed E-state index contributed by atoms with van der Waals surface area (Å²) in [5.41, 5.74) is 0. The molecule has 9 heavy (non-hydrogen) atoms. The normalized spacial score (nSPS) is 25.1. The van der Waals surface area contributed by atoms with E-state index in [-0.39, 0.29) is 64.2 Å². The first kappa shape index (κ1) is 10.2. The van der Waals surface area contributed by atoms with Gasteiger partial charge in [-0.1, -0.05) is 0 Å². The molecule has 0 unspecified atom stereocenters. The fourth-order valence-electron chi connectivity index (χ4n) is 0.895. The summed E-state index contributed by atoms with van der Waals surface area (Å²) in [6, 6.07) is -0.269. The van der Waals surface area contributed by atoms with Gasteiger partial charge in [-0.25, -0.2) is 0 Å². The molecule has 2 N–H and O–H groups in total. The molecule has 4 heteroatoms. The minimum Gasteiger partial charge on any atom is -0.480 e. The first-order chi connectivity index (χ1) is 3.80. The van der Waals surface area contributed by atoms with Crippen molar-refractivity contribution in [2.75, 3.05) is 6.54 Å². The van der Waals surface area contributed by atoms with Crippen LogP contribution in [0, 0.1) is 0 Å². The monoisotopic (exact) mass is 200 g/mol. The number of carbonyl (C=O) groups is 1. The van der Waals surface area contributed by atoms with Crippen LogP contribution in [-0.4, -0.2) is 81.8 Å². The number of aliphatic carboxylic acids is 1. The van der Waals surface area contributed by atoms with E-state index in [2.05, 4.69) is 5.32 Å². The van der Waals surface area contributed by atoms with Gasteiger partial charge in [-0.2, -0.15) is 0 Å². The smallest absolute Gasteiger partial charge is 0.320 e. The number of rotatable bonds is 1. The molecule has 0 bridgehead atoms. The number of nitrogens with one attached hydrogen (secondary N) is 1. The Hall–Kier alpha value is 1.24. The summed E-state index contributed by atoms with van der Waals surface area (Å²) in [5.74, 6) is -0.720. The van der Waals surface area contributed by atoms with Crippen LogP contribution < -0.4 is 5.32 Å². The predicted octanol–water partition coefficient (Wildman–Crippen LogP) is -0.558. The second kappa shape index (κ2) is 4.96. The van der Waals surface area contributed by atoms with Gasteiger partial charge in [0.15, 0.2) is 0 Å². The van der Waals surface area contributed by atoms with Crippen LogP contribution >= 0.6 is 0 Å². The van der Waals surface area contributed by atoms with E-state index in [1.807, 2.05) is 0 Å². The molecule has 1 atom stereocenters. The summed E-state index contributed by atoms with van der Waals surface area (Å²) in [7, 11) is 0. The molecule has 47 valence electrons. The van der Waals surface area contributed by atoms with E-state index in [1.165, 1.54) is 0 Å². The van der Waals surface area contributed by atoms with Gasteiger partial charge >= 0.3 is 5.97 Å². The molecule has 1 aliphatic heterocycles. The van der Waals surface area contributed by atoms with Crippen molar-refractivity contribution in [1.29, 1.82) is 0 Å². The van der Waals surface area contributed by atoms with Crippen molar-refractivity contribution in [2.45, 2.75) is 18.9 Å². The van der Waals surface area contributed by atoms with Crippen LogP contribution in [0.2, 0.25) is 0 Å². The molecule has 1 fully saturated rings. The Balaban J connectivity index is 0.000000640. The van der Waals surface area contributed by atoms with Gasteiger partial charge in [0.05, 0.1) is 0 Å². The summed E-state index contributed by atoms with van der Waals surface area (Å²) in [5, 5.41) is 11.2. The van der Waals surface area contributed by atoms with Crippen molar-refractivity contribution in [3.05, 3.63) is 0 Å². The van der Waals surface area contributed by atoms with Crippen LogP contribution in [0.4, 0.5) is 0 Å². The largest absolute Gasteiger partial charge is 0.480 e. The Morgan fingerprint density at radius 3 is 2.56 bits per heavy atom. The summed E-state index contributed by atoms with van der Waals surface area (Å²) in [6.45, 7) is 0.858. The molecule has 3 nitrogen and oxygen atoms in total. The maximum atomic E-state index is 10.1. The molecule has 0 saturated carbocycles. The molecule has 0 spiro atoms. The van der Waals surface area contributed by atoms with Crippen LogP contribution in [0.1, 0.15) is 12.8 Å². The standard InChI is InChI=1S/C5H9NO2.Rb/c7-5(8)4-2-1-3-6-4;/h4,6H,1-3H2,(H,7,8);/t4-;/m0./s1. The van der Waals surface area contributed by atoms with Crippen molar-refractivity contribution in [2.24, 2.45) is 0 Å².